The number of benzene rings is 1. The van der Waals surface area contributed by atoms with Crippen molar-refractivity contribution in [1.82, 2.24) is 15.2 Å². The van der Waals surface area contributed by atoms with Crippen LogP contribution in [-0.2, 0) is 0 Å². The third kappa shape index (κ3) is 2.37. The van der Waals surface area contributed by atoms with Crippen molar-refractivity contribution in [2.45, 2.75) is 32.2 Å². The summed E-state index contributed by atoms with van der Waals surface area (Å²) in [7, 11) is 0. The molecule has 3 atom stereocenters. The molecule has 1 aliphatic rings. The van der Waals surface area contributed by atoms with Crippen LogP contribution in [0.4, 0.5) is 0 Å². The normalized spacial score (nSPS) is 23.9. The van der Waals surface area contributed by atoms with E-state index in [1.165, 1.54) is 19.3 Å². The van der Waals surface area contributed by atoms with Gasteiger partial charge in [-0.05, 0) is 36.5 Å². The zero-order chi connectivity index (χ0) is 13.9. The molecular formula is C16H22N4. The molecule has 3 N–H and O–H groups in total. The van der Waals surface area contributed by atoms with Crippen LogP contribution in [0.5, 0.6) is 0 Å². The predicted molar refractivity (Wildman–Crippen MR) is 80.1 cm³/mol. The number of rotatable bonds is 4. The summed E-state index contributed by atoms with van der Waals surface area (Å²) in [5.74, 6) is 7.15. The molecule has 4 heteroatoms. The highest BCUT2D eigenvalue weighted by atomic mass is 15.3. The van der Waals surface area contributed by atoms with Gasteiger partial charge in [-0.15, -0.1) is 0 Å². The van der Waals surface area contributed by atoms with Crippen molar-refractivity contribution in [2.24, 2.45) is 17.7 Å². The third-order valence-corrected chi connectivity index (χ3v) is 4.53. The molecule has 3 rings (SSSR count). The van der Waals surface area contributed by atoms with Gasteiger partial charge in [-0.1, -0.05) is 38.0 Å². The summed E-state index contributed by atoms with van der Waals surface area (Å²) >= 11 is 0. The van der Waals surface area contributed by atoms with Gasteiger partial charge in [0.25, 0.3) is 0 Å². The van der Waals surface area contributed by atoms with E-state index >= 15 is 0 Å². The van der Waals surface area contributed by atoms with E-state index in [0.29, 0.717) is 11.8 Å². The second-order valence-electron chi connectivity index (χ2n) is 5.72. The van der Waals surface area contributed by atoms with E-state index in [1.807, 2.05) is 29.1 Å². The summed E-state index contributed by atoms with van der Waals surface area (Å²) < 4.78 is 2.00. The van der Waals surface area contributed by atoms with E-state index in [9.17, 15) is 0 Å². The average Bonchev–Trinajstić information content (AvgIpc) is 3.11. The van der Waals surface area contributed by atoms with Crippen molar-refractivity contribution in [3.63, 3.8) is 0 Å². The van der Waals surface area contributed by atoms with Gasteiger partial charge in [0.05, 0.1) is 17.4 Å². The lowest BCUT2D eigenvalue weighted by Gasteiger charge is -2.27. The molecule has 2 aromatic rings. The van der Waals surface area contributed by atoms with E-state index in [-0.39, 0.29) is 6.04 Å². The first-order chi connectivity index (χ1) is 9.81. The molecule has 1 aromatic heterocycles. The Kier molecular flexibility index (Phi) is 3.85. The number of aromatic nitrogens is 2. The first kappa shape index (κ1) is 13.3. The van der Waals surface area contributed by atoms with Crippen molar-refractivity contribution in [1.29, 1.82) is 0 Å². The lowest BCUT2D eigenvalue weighted by molar-refractivity contribution is 0.295. The molecule has 20 heavy (non-hydrogen) atoms. The molecule has 0 saturated heterocycles. The monoisotopic (exact) mass is 270 g/mol. The van der Waals surface area contributed by atoms with Crippen molar-refractivity contribution >= 4 is 0 Å². The van der Waals surface area contributed by atoms with Gasteiger partial charge >= 0.3 is 0 Å². The number of nitrogens with two attached hydrogens (primary N) is 1. The second kappa shape index (κ2) is 5.77. The van der Waals surface area contributed by atoms with Gasteiger partial charge in [0.2, 0.25) is 0 Å². The van der Waals surface area contributed by atoms with Crippen LogP contribution in [0.2, 0.25) is 0 Å². The SMILES string of the molecule is CC1CCCC1C(NN)c1ccnn1-c1ccccc1. The number of hydrogen-bond acceptors (Lipinski definition) is 3. The van der Waals surface area contributed by atoms with Crippen LogP contribution < -0.4 is 11.3 Å². The minimum absolute atomic E-state index is 0.162. The molecule has 1 aliphatic carbocycles. The molecule has 4 nitrogen and oxygen atoms in total. The topological polar surface area (TPSA) is 55.9 Å². The minimum atomic E-state index is 0.162. The Morgan fingerprint density at radius 1 is 1.25 bits per heavy atom. The van der Waals surface area contributed by atoms with Gasteiger partial charge in [0, 0.05) is 6.20 Å². The standard InChI is InChI=1S/C16H22N4/c1-12-6-5-9-14(12)16(19-17)15-10-11-18-20(15)13-7-3-2-4-8-13/h2-4,7-8,10-12,14,16,19H,5-6,9,17H2,1H3. The minimum Gasteiger partial charge on any atom is -0.271 e. The maximum atomic E-state index is 5.86. The second-order valence-corrected chi connectivity index (χ2v) is 5.72. The zero-order valence-corrected chi connectivity index (χ0v) is 11.9. The van der Waals surface area contributed by atoms with Gasteiger partial charge in [0.15, 0.2) is 0 Å². The van der Waals surface area contributed by atoms with Crippen molar-refractivity contribution in [2.75, 3.05) is 0 Å². The van der Waals surface area contributed by atoms with E-state index in [0.717, 1.165) is 11.4 Å². The number of nitrogens with one attached hydrogen (secondary N) is 1. The molecule has 0 amide bonds. The van der Waals surface area contributed by atoms with Gasteiger partial charge < -0.3 is 0 Å². The van der Waals surface area contributed by atoms with Gasteiger partial charge in [-0.3, -0.25) is 11.3 Å². The summed E-state index contributed by atoms with van der Waals surface area (Å²) in [6, 6.07) is 12.5. The summed E-state index contributed by atoms with van der Waals surface area (Å²) in [5, 5.41) is 4.47. The summed E-state index contributed by atoms with van der Waals surface area (Å²) in [6.07, 6.45) is 5.67. The molecule has 1 saturated carbocycles. The highest BCUT2D eigenvalue weighted by molar-refractivity contribution is 5.33. The lowest BCUT2D eigenvalue weighted by Crippen LogP contribution is -2.36. The fourth-order valence-corrected chi connectivity index (χ4v) is 3.43. The first-order valence-corrected chi connectivity index (χ1v) is 7.36. The molecule has 1 fully saturated rings. The van der Waals surface area contributed by atoms with Crippen LogP contribution in [0, 0.1) is 11.8 Å². The number of hydrazine groups is 1. The number of hydrogen-bond donors (Lipinski definition) is 2. The Morgan fingerprint density at radius 3 is 2.70 bits per heavy atom. The summed E-state index contributed by atoms with van der Waals surface area (Å²) in [5.41, 5.74) is 5.26. The number of nitrogens with zero attached hydrogens (tertiary/aromatic N) is 2. The van der Waals surface area contributed by atoms with Gasteiger partial charge in [-0.25, -0.2) is 4.68 Å². The first-order valence-electron chi connectivity index (χ1n) is 7.36. The smallest absolute Gasteiger partial charge is 0.0664 e. The highest BCUT2D eigenvalue weighted by Gasteiger charge is 2.33. The van der Waals surface area contributed by atoms with Crippen LogP contribution in [-0.4, -0.2) is 9.78 Å². The molecule has 1 aromatic carbocycles. The maximum absolute atomic E-state index is 5.86. The van der Waals surface area contributed by atoms with Crippen LogP contribution >= 0.6 is 0 Å². The van der Waals surface area contributed by atoms with Crippen molar-refractivity contribution < 1.29 is 0 Å². The Labute approximate surface area is 120 Å². The Morgan fingerprint density at radius 2 is 2.05 bits per heavy atom. The Bertz CT molecular complexity index is 549. The van der Waals surface area contributed by atoms with E-state index in [2.05, 4.69) is 35.6 Å². The third-order valence-electron chi connectivity index (χ3n) is 4.53. The van der Waals surface area contributed by atoms with Gasteiger partial charge in [0.1, 0.15) is 0 Å². The van der Waals surface area contributed by atoms with Crippen LogP contribution in [0.15, 0.2) is 42.6 Å². The van der Waals surface area contributed by atoms with E-state index in [1.54, 1.807) is 0 Å². The molecule has 0 radical (unpaired) electrons. The predicted octanol–water partition coefficient (Wildman–Crippen LogP) is 2.81. The van der Waals surface area contributed by atoms with Crippen molar-refractivity contribution in [3.05, 3.63) is 48.3 Å². The molecule has 0 aliphatic heterocycles. The Hall–Kier alpha value is -1.65. The Balaban J connectivity index is 1.95. The molecule has 3 unspecified atom stereocenters. The largest absolute Gasteiger partial charge is 0.271 e. The zero-order valence-electron chi connectivity index (χ0n) is 11.9. The van der Waals surface area contributed by atoms with E-state index in [4.69, 9.17) is 5.84 Å². The van der Waals surface area contributed by atoms with Crippen LogP contribution in [0.1, 0.15) is 37.9 Å². The average molecular weight is 270 g/mol. The van der Waals surface area contributed by atoms with E-state index < -0.39 is 0 Å². The molecule has 106 valence electrons. The quantitative estimate of drug-likeness (QED) is 0.663. The molecule has 0 bridgehead atoms. The fourth-order valence-electron chi connectivity index (χ4n) is 3.43. The molecular weight excluding hydrogens is 248 g/mol. The van der Waals surface area contributed by atoms with Crippen LogP contribution in [0.3, 0.4) is 0 Å². The highest BCUT2D eigenvalue weighted by Crippen LogP contribution is 2.39. The summed E-state index contributed by atoms with van der Waals surface area (Å²) in [6.45, 7) is 2.32. The maximum Gasteiger partial charge on any atom is 0.0664 e. The molecule has 0 spiro atoms. The van der Waals surface area contributed by atoms with Crippen molar-refractivity contribution in [3.8, 4) is 5.69 Å². The fraction of sp³-hybridized carbons (Fsp3) is 0.438. The van der Waals surface area contributed by atoms with Gasteiger partial charge in [-0.2, -0.15) is 5.10 Å². The van der Waals surface area contributed by atoms with Crippen LogP contribution in [0.25, 0.3) is 5.69 Å². The summed E-state index contributed by atoms with van der Waals surface area (Å²) in [4.78, 5) is 0. The number of para-hydroxylation sites is 1. The molecule has 1 heterocycles. The lowest BCUT2D eigenvalue weighted by atomic mass is 9.88.